The lowest BCUT2D eigenvalue weighted by Gasteiger charge is -2.15. The van der Waals surface area contributed by atoms with Crippen LogP contribution < -0.4 is 20.7 Å². The first-order valence-electron chi connectivity index (χ1n) is 9.83. The Morgan fingerprint density at radius 1 is 1.06 bits per heavy atom. The van der Waals surface area contributed by atoms with Crippen LogP contribution in [-0.2, 0) is 6.54 Å². The fourth-order valence-electron chi connectivity index (χ4n) is 2.78. The number of nitrogens with zero attached hydrogens (tertiary/aromatic N) is 1. The van der Waals surface area contributed by atoms with E-state index in [0.29, 0.717) is 17.4 Å². The van der Waals surface area contributed by atoms with E-state index in [1.807, 2.05) is 12.1 Å². The molecule has 0 spiro atoms. The van der Waals surface area contributed by atoms with E-state index in [1.54, 1.807) is 17.0 Å². The van der Waals surface area contributed by atoms with Gasteiger partial charge in [-0.25, -0.2) is 13.8 Å². The van der Waals surface area contributed by atoms with Crippen LogP contribution in [0.2, 0.25) is 5.02 Å². The molecule has 0 atom stereocenters. The molecule has 5 nitrogen and oxygen atoms in total. The molecule has 0 radical (unpaired) electrons. The summed E-state index contributed by atoms with van der Waals surface area (Å²) < 4.78 is 31.9. The van der Waals surface area contributed by atoms with Crippen LogP contribution in [0, 0.1) is 11.6 Å². The Balaban J connectivity index is 1.61. The van der Waals surface area contributed by atoms with Gasteiger partial charge in [-0.05, 0) is 55.2 Å². The first kappa shape index (κ1) is 23.6. The van der Waals surface area contributed by atoms with Crippen LogP contribution in [0.4, 0.5) is 26.0 Å². The summed E-state index contributed by atoms with van der Waals surface area (Å²) in [7, 11) is 0. The highest BCUT2D eigenvalue weighted by Crippen LogP contribution is 2.29. The Morgan fingerprint density at radius 2 is 1.94 bits per heavy atom. The Kier molecular flexibility index (Phi) is 9.20. The third-order valence-electron chi connectivity index (χ3n) is 4.36. The van der Waals surface area contributed by atoms with Crippen molar-refractivity contribution >= 4 is 52.1 Å². The van der Waals surface area contributed by atoms with Gasteiger partial charge in [-0.3, -0.25) is 0 Å². The van der Waals surface area contributed by atoms with Crippen molar-refractivity contribution in [2.75, 3.05) is 35.0 Å². The van der Waals surface area contributed by atoms with Crippen LogP contribution in [-0.4, -0.2) is 24.6 Å². The zero-order chi connectivity index (χ0) is 22.1. The normalized spacial score (nSPS) is 10.8. The van der Waals surface area contributed by atoms with E-state index in [4.69, 9.17) is 11.6 Å². The average Bonchev–Trinajstić information content (AvgIpc) is 3.27. The van der Waals surface area contributed by atoms with E-state index < -0.39 is 11.6 Å². The van der Waals surface area contributed by atoms with Gasteiger partial charge in [-0.1, -0.05) is 24.6 Å². The molecule has 0 amide bonds. The smallest absolute Gasteiger partial charge is 0.147 e. The number of thiazole rings is 1. The Bertz CT molecular complexity index is 973. The number of anilines is 3. The van der Waals surface area contributed by atoms with Crippen LogP contribution in [0.25, 0.3) is 0 Å². The zero-order valence-corrected chi connectivity index (χ0v) is 19.4. The molecule has 10 heteroatoms. The standard InChI is InChI=1S/C21H24ClF2N5S2/c1-2-25-6-3-7-26-18-8-15(22)5-4-14(18)11-27-19-9-17(24)20(10-16(19)23)31-29-21-12-30-13-28-21/h4-5,8-10,12-13,25-27,29H,2-3,6-7,11H2,1H3. The lowest BCUT2D eigenvalue weighted by atomic mass is 10.1. The molecule has 0 unspecified atom stereocenters. The second kappa shape index (κ2) is 12.1. The van der Waals surface area contributed by atoms with E-state index in [1.165, 1.54) is 23.5 Å². The molecule has 0 aliphatic carbocycles. The van der Waals surface area contributed by atoms with E-state index in [0.717, 1.165) is 49.3 Å². The van der Waals surface area contributed by atoms with Gasteiger partial charge >= 0.3 is 0 Å². The van der Waals surface area contributed by atoms with Gasteiger partial charge in [0.2, 0.25) is 0 Å². The maximum absolute atomic E-state index is 14.6. The van der Waals surface area contributed by atoms with Crippen molar-refractivity contribution in [1.82, 2.24) is 10.3 Å². The number of halogens is 3. The molecule has 1 aromatic heterocycles. The molecule has 0 fully saturated rings. The average molecular weight is 484 g/mol. The molecule has 2 aromatic carbocycles. The molecule has 31 heavy (non-hydrogen) atoms. The first-order chi connectivity index (χ1) is 15.1. The van der Waals surface area contributed by atoms with Crippen molar-refractivity contribution in [2.45, 2.75) is 24.8 Å². The van der Waals surface area contributed by atoms with Gasteiger partial charge in [0.05, 0.1) is 16.1 Å². The van der Waals surface area contributed by atoms with E-state index >= 15 is 0 Å². The van der Waals surface area contributed by atoms with Crippen molar-refractivity contribution in [3.05, 3.63) is 63.4 Å². The summed E-state index contributed by atoms with van der Waals surface area (Å²) in [5.41, 5.74) is 3.55. The number of nitrogens with one attached hydrogen (secondary N) is 4. The summed E-state index contributed by atoms with van der Waals surface area (Å²) in [5, 5.41) is 12.0. The summed E-state index contributed by atoms with van der Waals surface area (Å²) >= 11 is 8.53. The van der Waals surface area contributed by atoms with Gasteiger partial charge < -0.3 is 20.7 Å². The minimum absolute atomic E-state index is 0.101. The fraction of sp³-hybridized carbons (Fsp3) is 0.286. The van der Waals surface area contributed by atoms with Gasteiger partial charge in [0.25, 0.3) is 0 Å². The second-order valence-electron chi connectivity index (χ2n) is 6.63. The van der Waals surface area contributed by atoms with Crippen molar-refractivity contribution in [3.8, 4) is 0 Å². The van der Waals surface area contributed by atoms with Crippen LogP contribution in [0.15, 0.2) is 46.1 Å². The molecular formula is C21H24ClF2N5S2. The van der Waals surface area contributed by atoms with Crippen LogP contribution in [0.5, 0.6) is 0 Å². The molecule has 3 aromatic rings. The molecule has 0 aliphatic rings. The number of hydrogen-bond donors (Lipinski definition) is 4. The van der Waals surface area contributed by atoms with Crippen molar-refractivity contribution in [1.29, 1.82) is 0 Å². The largest absolute Gasteiger partial charge is 0.385 e. The maximum Gasteiger partial charge on any atom is 0.147 e. The zero-order valence-electron chi connectivity index (χ0n) is 17.0. The van der Waals surface area contributed by atoms with Crippen LogP contribution >= 0.6 is 34.9 Å². The molecule has 0 aliphatic heterocycles. The van der Waals surface area contributed by atoms with Crippen molar-refractivity contribution in [3.63, 3.8) is 0 Å². The monoisotopic (exact) mass is 483 g/mol. The van der Waals surface area contributed by atoms with Gasteiger partial charge in [0.15, 0.2) is 0 Å². The highest BCUT2D eigenvalue weighted by molar-refractivity contribution is 8.00. The maximum atomic E-state index is 14.6. The van der Waals surface area contributed by atoms with Gasteiger partial charge in [0, 0.05) is 35.2 Å². The summed E-state index contributed by atoms with van der Waals surface area (Å²) in [6.07, 6.45) is 0.959. The van der Waals surface area contributed by atoms with Crippen molar-refractivity contribution in [2.24, 2.45) is 0 Å². The number of hydrogen-bond acceptors (Lipinski definition) is 7. The summed E-state index contributed by atoms with van der Waals surface area (Å²) in [5.74, 6) is -0.446. The molecule has 0 bridgehead atoms. The molecular weight excluding hydrogens is 460 g/mol. The Morgan fingerprint density at radius 3 is 2.71 bits per heavy atom. The number of benzene rings is 2. The summed E-state index contributed by atoms with van der Waals surface area (Å²) in [4.78, 5) is 4.21. The third kappa shape index (κ3) is 7.24. The minimum Gasteiger partial charge on any atom is -0.385 e. The Labute approximate surface area is 194 Å². The quantitative estimate of drug-likeness (QED) is 0.181. The minimum atomic E-state index is -0.530. The predicted octanol–water partition coefficient (Wildman–Crippen LogP) is 6.22. The molecule has 0 saturated carbocycles. The molecule has 166 valence electrons. The lowest BCUT2D eigenvalue weighted by Crippen LogP contribution is -2.17. The first-order valence-corrected chi connectivity index (χ1v) is 12.0. The van der Waals surface area contributed by atoms with Gasteiger partial charge in [0.1, 0.15) is 17.5 Å². The number of aromatic nitrogens is 1. The molecule has 1 heterocycles. The highest BCUT2D eigenvalue weighted by Gasteiger charge is 2.12. The summed E-state index contributed by atoms with van der Waals surface area (Å²) in [6.45, 7) is 5.03. The van der Waals surface area contributed by atoms with Gasteiger partial charge in [-0.15, -0.1) is 11.3 Å². The predicted molar refractivity (Wildman–Crippen MR) is 128 cm³/mol. The Hall–Kier alpha value is -2.07. The molecule has 3 rings (SSSR count). The number of rotatable bonds is 12. The van der Waals surface area contributed by atoms with Crippen LogP contribution in [0.1, 0.15) is 18.9 Å². The topological polar surface area (TPSA) is 61.0 Å². The van der Waals surface area contributed by atoms with E-state index in [2.05, 4.69) is 32.6 Å². The second-order valence-corrected chi connectivity index (χ2v) is 8.63. The van der Waals surface area contributed by atoms with Crippen LogP contribution in [0.3, 0.4) is 0 Å². The van der Waals surface area contributed by atoms with E-state index in [9.17, 15) is 8.78 Å². The highest BCUT2D eigenvalue weighted by atomic mass is 35.5. The lowest BCUT2D eigenvalue weighted by molar-refractivity contribution is 0.579. The summed E-state index contributed by atoms with van der Waals surface area (Å²) in [6, 6.07) is 7.83. The van der Waals surface area contributed by atoms with E-state index in [-0.39, 0.29) is 10.6 Å². The SMILES string of the molecule is CCNCCCNc1cc(Cl)ccc1CNc1cc(F)c(SNc2cscn2)cc1F. The third-order valence-corrected chi connectivity index (χ3v) is 6.02. The fourth-order valence-corrected chi connectivity index (χ4v) is 4.16. The molecule has 0 saturated heterocycles. The molecule has 4 N–H and O–H groups in total. The van der Waals surface area contributed by atoms with Crippen molar-refractivity contribution < 1.29 is 8.78 Å². The van der Waals surface area contributed by atoms with Gasteiger partial charge in [-0.2, -0.15) is 0 Å².